The van der Waals surface area contributed by atoms with Crippen molar-refractivity contribution in [2.24, 2.45) is 0 Å². The van der Waals surface area contributed by atoms with Crippen molar-refractivity contribution in [3.05, 3.63) is 46.1 Å². The zero-order valence-electron chi connectivity index (χ0n) is 13.0. The van der Waals surface area contributed by atoms with E-state index >= 15 is 0 Å². The SMILES string of the molecule is Clc1ccc(Cl)c(-c2ccc(C[NH2+]CC[NH+]3CCOCC3)o2)c1. The van der Waals surface area contributed by atoms with Crippen molar-refractivity contribution in [1.29, 1.82) is 0 Å². The lowest BCUT2D eigenvalue weighted by Gasteiger charge is -2.22. The molecule has 3 rings (SSSR count). The fourth-order valence-corrected chi connectivity index (χ4v) is 3.16. The van der Waals surface area contributed by atoms with Crippen LogP contribution in [0.4, 0.5) is 0 Å². The Morgan fingerprint density at radius 3 is 2.74 bits per heavy atom. The summed E-state index contributed by atoms with van der Waals surface area (Å²) in [6.07, 6.45) is 0. The predicted molar refractivity (Wildman–Crippen MR) is 91.0 cm³/mol. The zero-order chi connectivity index (χ0) is 16.1. The van der Waals surface area contributed by atoms with E-state index in [1.54, 1.807) is 17.0 Å². The molecule has 124 valence electrons. The highest BCUT2D eigenvalue weighted by molar-refractivity contribution is 6.35. The van der Waals surface area contributed by atoms with E-state index in [-0.39, 0.29) is 0 Å². The highest BCUT2D eigenvalue weighted by Gasteiger charge is 2.14. The lowest BCUT2D eigenvalue weighted by atomic mass is 10.2. The third-order valence-corrected chi connectivity index (χ3v) is 4.67. The summed E-state index contributed by atoms with van der Waals surface area (Å²) in [5, 5.41) is 3.59. The number of nitrogens with one attached hydrogen (secondary N) is 1. The van der Waals surface area contributed by atoms with Gasteiger partial charge in [-0.25, -0.2) is 0 Å². The summed E-state index contributed by atoms with van der Waals surface area (Å²) in [7, 11) is 0. The Kier molecular flexibility index (Phi) is 5.97. The second-order valence-electron chi connectivity index (χ2n) is 5.78. The quantitative estimate of drug-likeness (QED) is 0.764. The van der Waals surface area contributed by atoms with E-state index < -0.39 is 0 Å². The summed E-state index contributed by atoms with van der Waals surface area (Å²) in [6, 6.07) is 9.36. The van der Waals surface area contributed by atoms with E-state index in [2.05, 4.69) is 5.32 Å². The molecule has 1 aliphatic heterocycles. The number of morpholine rings is 1. The van der Waals surface area contributed by atoms with Gasteiger partial charge in [0.2, 0.25) is 0 Å². The Hall–Kier alpha value is -1.04. The molecule has 1 saturated heterocycles. The van der Waals surface area contributed by atoms with Crippen LogP contribution in [-0.4, -0.2) is 39.4 Å². The first-order valence-corrected chi connectivity index (χ1v) is 8.75. The van der Waals surface area contributed by atoms with Gasteiger partial charge in [0.25, 0.3) is 0 Å². The molecule has 0 radical (unpaired) electrons. The van der Waals surface area contributed by atoms with Crippen LogP contribution in [0.25, 0.3) is 11.3 Å². The van der Waals surface area contributed by atoms with Crippen molar-refractivity contribution in [1.82, 2.24) is 0 Å². The normalized spacial score (nSPS) is 15.9. The lowest BCUT2D eigenvalue weighted by Crippen LogP contribution is -3.16. The molecule has 3 N–H and O–H groups in total. The number of furan rings is 1. The van der Waals surface area contributed by atoms with Gasteiger partial charge in [0, 0.05) is 10.6 Å². The molecule has 4 nitrogen and oxygen atoms in total. The molecular weight excluding hydrogens is 335 g/mol. The standard InChI is InChI=1S/C17H20Cl2N2O2/c18-13-1-3-16(19)15(11-13)17-4-2-14(23-17)12-20-5-6-21-7-9-22-10-8-21/h1-4,11,20H,5-10,12H2/p+2. The summed E-state index contributed by atoms with van der Waals surface area (Å²) >= 11 is 12.2. The minimum absolute atomic E-state index is 0.648. The van der Waals surface area contributed by atoms with Crippen LogP contribution in [0.2, 0.25) is 10.0 Å². The smallest absolute Gasteiger partial charge is 0.158 e. The molecule has 2 heterocycles. The molecule has 1 aliphatic rings. The van der Waals surface area contributed by atoms with Gasteiger partial charge in [0.05, 0.1) is 18.2 Å². The van der Waals surface area contributed by atoms with Crippen molar-refractivity contribution in [2.75, 3.05) is 39.4 Å². The maximum Gasteiger partial charge on any atom is 0.158 e. The third kappa shape index (κ3) is 4.72. The Bertz CT molecular complexity index is 639. The molecule has 0 atom stereocenters. The van der Waals surface area contributed by atoms with Crippen LogP contribution >= 0.6 is 23.2 Å². The number of hydrogen-bond acceptors (Lipinski definition) is 2. The number of benzene rings is 1. The maximum atomic E-state index is 6.21. The molecule has 23 heavy (non-hydrogen) atoms. The second kappa shape index (κ2) is 8.18. The lowest BCUT2D eigenvalue weighted by molar-refractivity contribution is -0.920. The van der Waals surface area contributed by atoms with Crippen LogP contribution in [-0.2, 0) is 11.3 Å². The second-order valence-corrected chi connectivity index (χ2v) is 6.63. The first-order valence-electron chi connectivity index (χ1n) is 7.99. The minimum atomic E-state index is 0.648. The Balaban J connectivity index is 1.50. The average Bonchev–Trinajstić information content (AvgIpc) is 3.03. The molecule has 0 unspecified atom stereocenters. The van der Waals surface area contributed by atoms with E-state index in [9.17, 15) is 0 Å². The van der Waals surface area contributed by atoms with E-state index in [1.807, 2.05) is 18.2 Å². The number of nitrogens with two attached hydrogens (primary N) is 1. The van der Waals surface area contributed by atoms with Crippen LogP contribution in [0.15, 0.2) is 34.7 Å². The molecule has 0 aliphatic carbocycles. The van der Waals surface area contributed by atoms with Gasteiger partial charge in [-0.2, -0.15) is 0 Å². The van der Waals surface area contributed by atoms with Gasteiger partial charge in [-0.1, -0.05) is 23.2 Å². The molecule has 0 spiro atoms. The van der Waals surface area contributed by atoms with E-state index in [1.165, 1.54) is 0 Å². The summed E-state index contributed by atoms with van der Waals surface area (Å²) in [6.45, 7) is 7.09. The van der Waals surface area contributed by atoms with Gasteiger partial charge < -0.3 is 19.4 Å². The van der Waals surface area contributed by atoms with Crippen molar-refractivity contribution < 1.29 is 19.4 Å². The van der Waals surface area contributed by atoms with Crippen molar-refractivity contribution in [3.63, 3.8) is 0 Å². The van der Waals surface area contributed by atoms with E-state index in [0.717, 1.165) is 63.0 Å². The van der Waals surface area contributed by atoms with Crippen LogP contribution < -0.4 is 10.2 Å². The van der Waals surface area contributed by atoms with Crippen LogP contribution in [0.5, 0.6) is 0 Å². The number of ether oxygens (including phenoxy) is 1. The topological polar surface area (TPSA) is 43.4 Å². The van der Waals surface area contributed by atoms with Gasteiger partial charge in [0.1, 0.15) is 38.5 Å². The third-order valence-electron chi connectivity index (χ3n) is 4.10. The van der Waals surface area contributed by atoms with Gasteiger partial charge in [-0.3, -0.25) is 0 Å². The fourth-order valence-electron chi connectivity index (χ4n) is 2.78. The van der Waals surface area contributed by atoms with Crippen LogP contribution in [0.1, 0.15) is 5.76 Å². The monoisotopic (exact) mass is 356 g/mol. The fraction of sp³-hybridized carbons (Fsp3) is 0.412. The highest BCUT2D eigenvalue weighted by atomic mass is 35.5. The summed E-state index contributed by atoms with van der Waals surface area (Å²) in [4.78, 5) is 1.62. The molecule has 2 aromatic rings. The first kappa shape index (κ1) is 16.8. The maximum absolute atomic E-state index is 6.21. The minimum Gasteiger partial charge on any atom is -0.455 e. The Morgan fingerprint density at radius 2 is 1.91 bits per heavy atom. The molecule has 0 saturated carbocycles. The summed E-state index contributed by atoms with van der Waals surface area (Å²) in [5.74, 6) is 1.72. The highest BCUT2D eigenvalue weighted by Crippen LogP contribution is 2.31. The molecule has 0 amide bonds. The molecular formula is C17H22Cl2N2O2+2. The molecule has 1 fully saturated rings. The van der Waals surface area contributed by atoms with Crippen molar-refractivity contribution >= 4 is 23.2 Å². The number of rotatable bonds is 6. The summed E-state index contributed by atoms with van der Waals surface area (Å²) < 4.78 is 11.3. The van der Waals surface area contributed by atoms with Gasteiger partial charge in [-0.15, -0.1) is 0 Å². The molecule has 1 aromatic heterocycles. The van der Waals surface area contributed by atoms with Crippen molar-refractivity contribution in [2.45, 2.75) is 6.54 Å². The van der Waals surface area contributed by atoms with Crippen LogP contribution in [0.3, 0.4) is 0 Å². The van der Waals surface area contributed by atoms with Gasteiger partial charge in [0.15, 0.2) is 5.76 Å². The van der Waals surface area contributed by atoms with E-state index in [4.69, 9.17) is 32.4 Å². The van der Waals surface area contributed by atoms with Crippen LogP contribution in [0, 0.1) is 0 Å². The Morgan fingerprint density at radius 1 is 1.09 bits per heavy atom. The average molecular weight is 357 g/mol. The largest absolute Gasteiger partial charge is 0.455 e. The molecule has 1 aromatic carbocycles. The molecule has 0 bridgehead atoms. The predicted octanol–water partition coefficient (Wildman–Crippen LogP) is 1.23. The number of hydrogen-bond donors (Lipinski definition) is 2. The van der Waals surface area contributed by atoms with Gasteiger partial charge >= 0.3 is 0 Å². The number of quaternary nitrogens is 2. The summed E-state index contributed by atoms with van der Waals surface area (Å²) in [5.41, 5.74) is 0.836. The van der Waals surface area contributed by atoms with Crippen molar-refractivity contribution in [3.8, 4) is 11.3 Å². The van der Waals surface area contributed by atoms with Gasteiger partial charge in [-0.05, 0) is 30.3 Å². The van der Waals surface area contributed by atoms with E-state index in [0.29, 0.717) is 10.0 Å². The Labute approximate surface area is 146 Å². The number of halogens is 2. The zero-order valence-corrected chi connectivity index (χ0v) is 14.5. The molecule has 6 heteroatoms. The first-order chi connectivity index (χ1) is 11.2.